The maximum atomic E-state index is 13.3. The first-order valence-electron chi connectivity index (χ1n) is 9.98. The summed E-state index contributed by atoms with van der Waals surface area (Å²) in [7, 11) is 2.56. The summed E-state index contributed by atoms with van der Waals surface area (Å²) in [6.45, 7) is 1.79. The third kappa shape index (κ3) is 2.72. The minimum atomic E-state index is -1.53. The SMILES string of the molecule is COC(=O)C1(C(=O)OC)CC2=C(C)C(=O)[C@@H](c3ccccc3)[C@@H]2[C@@H]1c1ccccc1. The number of rotatable bonds is 4. The second-order valence-corrected chi connectivity index (χ2v) is 7.95. The molecule has 1 fully saturated rings. The molecule has 2 aromatic rings. The molecule has 154 valence electrons. The normalized spacial score (nSPS) is 24.5. The highest BCUT2D eigenvalue weighted by Crippen LogP contribution is 2.64. The summed E-state index contributed by atoms with van der Waals surface area (Å²) in [6.07, 6.45) is 0.123. The molecule has 0 heterocycles. The molecule has 1 saturated carbocycles. The lowest BCUT2D eigenvalue weighted by atomic mass is 9.67. The van der Waals surface area contributed by atoms with Gasteiger partial charge in [0.05, 0.1) is 20.1 Å². The number of ketones is 1. The molecular weight excluding hydrogens is 380 g/mol. The number of esters is 2. The van der Waals surface area contributed by atoms with Gasteiger partial charge >= 0.3 is 11.9 Å². The van der Waals surface area contributed by atoms with Crippen LogP contribution in [0.1, 0.15) is 36.3 Å². The van der Waals surface area contributed by atoms with E-state index in [1.807, 2.05) is 60.7 Å². The van der Waals surface area contributed by atoms with Gasteiger partial charge in [-0.3, -0.25) is 14.4 Å². The molecular formula is C25H24O5. The van der Waals surface area contributed by atoms with Gasteiger partial charge in [0.1, 0.15) is 0 Å². The van der Waals surface area contributed by atoms with Crippen LogP contribution in [0.2, 0.25) is 0 Å². The smallest absolute Gasteiger partial charge is 0.324 e. The fourth-order valence-electron chi connectivity index (χ4n) is 5.38. The summed E-state index contributed by atoms with van der Waals surface area (Å²) in [5.41, 5.74) is 1.65. The lowest BCUT2D eigenvalue weighted by Crippen LogP contribution is -2.45. The molecule has 2 aliphatic carbocycles. The van der Waals surface area contributed by atoms with Crippen molar-refractivity contribution in [2.45, 2.75) is 25.2 Å². The minimum absolute atomic E-state index is 0.0467. The van der Waals surface area contributed by atoms with E-state index in [1.54, 1.807) is 6.92 Å². The fraction of sp³-hybridized carbons (Fsp3) is 0.320. The number of methoxy groups -OCH3 is 2. The molecule has 2 aromatic carbocycles. The van der Waals surface area contributed by atoms with E-state index >= 15 is 0 Å². The first-order valence-corrected chi connectivity index (χ1v) is 9.98. The van der Waals surface area contributed by atoms with Crippen LogP contribution >= 0.6 is 0 Å². The number of Topliss-reactive ketones (excluding diaryl/α,β-unsaturated/α-hetero) is 1. The molecule has 0 N–H and O–H groups in total. The molecule has 2 aliphatic rings. The van der Waals surface area contributed by atoms with Crippen LogP contribution in [0.25, 0.3) is 0 Å². The Labute approximate surface area is 175 Å². The van der Waals surface area contributed by atoms with E-state index in [0.29, 0.717) is 5.57 Å². The summed E-state index contributed by atoms with van der Waals surface area (Å²) in [6, 6.07) is 19.0. The molecule has 4 rings (SSSR count). The van der Waals surface area contributed by atoms with Gasteiger partial charge in [-0.25, -0.2) is 0 Å². The highest BCUT2D eigenvalue weighted by Gasteiger charge is 2.67. The van der Waals surface area contributed by atoms with Gasteiger partial charge in [-0.15, -0.1) is 0 Å². The molecule has 5 nitrogen and oxygen atoms in total. The number of hydrogen-bond donors (Lipinski definition) is 0. The Hall–Kier alpha value is -3.21. The summed E-state index contributed by atoms with van der Waals surface area (Å²) >= 11 is 0. The number of allylic oxidation sites excluding steroid dienone is 2. The maximum absolute atomic E-state index is 13.3. The van der Waals surface area contributed by atoms with Gasteiger partial charge in [-0.2, -0.15) is 0 Å². The Balaban J connectivity index is 1.99. The van der Waals surface area contributed by atoms with Crippen molar-refractivity contribution in [3.05, 3.63) is 82.9 Å². The van der Waals surface area contributed by atoms with E-state index in [1.165, 1.54) is 14.2 Å². The molecule has 30 heavy (non-hydrogen) atoms. The van der Waals surface area contributed by atoms with Crippen molar-refractivity contribution in [1.82, 2.24) is 0 Å². The largest absolute Gasteiger partial charge is 0.468 e. The summed E-state index contributed by atoms with van der Waals surface area (Å²) in [5, 5.41) is 0. The van der Waals surface area contributed by atoms with E-state index in [0.717, 1.165) is 16.7 Å². The lowest BCUT2D eigenvalue weighted by Gasteiger charge is -2.34. The summed E-state index contributed by atoms with van der Waals surface area (Å²) in [4.78, 5) is 39.6. The van der Waals surface area contributed by atoms with Gasteiger partial charge in [0.2, 0.25) is 0 Å². The van der Waals surface area contributed by atoms with Crippen LogP contribution in [0.3, 0.4) is 0 Å². The van der Waals surface area contributed by atoms with Crippen molar-refractivity contribution >= 4 is 17.7 Å². The summed E-state index contributed by atoms with van der Waals surface area (Å²) < 4.78 is 10.3. The third-order valence-corrected chi connectivity index (χ3v) is 6.67. The van der Waals surface area contributed by atoms with Crippen LogP contribution in [0.4, 0.5) is 0 Å². The molecule has 0 bridgehead atoms. The molecule has 0 radical (unpaired) electrons. The molecule has 0 unspecified atom stereocenters. The van der Waals surface area contributed by atoms with Crippen LogP contribution in [-0.4, -0.2) is 31.9 Å². The molecule has 0 aromatic heterocycles. The van der Waals surface area contributed by atoms with Crippen LogP contribution in [0, 0.1) is 11.3 Å². The zero-order chi connectivity index (χ0) is 21.5. The van der Waals surface area contributed by atoms with Crippen molar-refractivity contribution < 1.29 is 23.9 Å². The van der Waals surface area contributed by atoms with Gasteiger partial charge in [-0.1, -0.05) is 66.2 Å². The molecule has 3 atom stereocenters. The van der Waals surface area contributed by atoms with Gasteiger partial charge < -0.3 is 9.47 Å². The predicted octanol–water partition coefficient (Wildman–Crippen LogP) is 3.81. The number of carbonyl (C=O) groups is 3. The van der Waals surface area contributed by atoms with E-state index < -0.39 is 29.2 Å². The van der Waals surface area contributed by atoms with E-state index in [2.05, 4.69) is 0 Å². The highest BCUT2D eigenvalue weighted by atomic mass is 16.5. The van der Waals surface area contributed by atoms with Crippen molar-refractivity contribution in [1.29, 1.82) is 0 Å². The Morgan fingerprint density at radius 1 is 0.867 bits per heavy atom. The lowest BCUT2D eigenvalue weighted by molar-refractivity contribution is -0.170. The molecule has 0 saturated heterocycles. The third-order valence-electron chi connectivity index (χ3n) is 6.67. The Kier molecular flexibility index (Phi) is 5.06. The number of fused-ring (bicyclic) bond motifs is 1. The minimum Gasteiger partial charge on any atom is -0.468 e. The van der Waals surface area contributed by atoms with Crippen LogP contribution in [0.5, 0.6) is 0 Å². The van der Waals surface area contributed by atoms with Crippen LogP contribution in [0.15, 0.2) is 71.8 Å². The first-order chi connectivity index (χ1) is 14.5. The average Bonchev–Trinajstić information content (AvgIpc) is 3.26. The molecule has 0 amide bonds. The number of hydrogen-bond acceptors (Lipinski definition) is 5. The van der Waals surface area contributed by atoms with Crippen LogP contribution in [-0.2, 0) is 23.9 Å². The monoisotopic (exact) mass is 404 g/mol. The van der Waals surface area contributed by atoms with Crippen LogP contribution < -0.4 is 0 Å². The fourth-order valence-corrected chi connectivity index (χ4v) is 5.38. The first kappa shape index (κ1) is 20.1. The Morgan fingerprint density at radius 3 is 1.87 bits per heavy atom. The van der Waals surface area contributed by atoms with Gasteiger partial charge in [-0.05, 0) is 30.0 Å². The van der Waals surface area contributed by atoms with Gasteiger partial charge in [0.15, 0.2) is 11.2 Å². The quantitative estimate of drug-likeness (QED) is 0.573. The molecule has 5 heteroatoms. The highest BCUT2D eigenvalue weighted by molar-refractivity contribution is 6.08. The predicted molar refractivity (Wildman–Crippen MR) is 111 cm³/mol. The number of ether oxygens (including phenoxy) is 2. The van der Waals surface area contributed by atoms with Crippen molar-refractivity contribution in [3.8, 4) is 0 Å². The Morgan fingerprint density at radius 2 is 1.37 bits per heavy atom. The second kappa shape index (κ2) is 7.56. The molecule has 0 aliphatic heterocycles. The topological polar surface area (TPSA) is 69.7 Å². The zero-order valence-electron chi connectivity index (χ0n) is 17.3. The standard InChI is InChI=1S/C25H24O5/c1-15-18-14-25(23(27)29-2,24(28)30-3)21(17-12-8-5-9-13-17)20(18)19(22(15)26)16-10-6-4-7-11-16/h4-13,19-21H,14H2,1-3H3/t19-,20+,21-/m0/s1. The van der Waals surface area contributed by atoms with Crippen molar-refractivity contribution in [3.63, 3.8) is 0 Å². The van der Waals surface area contributed by atoms with E-state index in [4.69, 9.17) is 9.47 Å². The maximum Gasteiger partial charge on any atom is 0.324 e. The number of carbonyl (C=O) groups excluding carboxylic acids is 3. The second-order valence-electron chi connectivity index (χ2n) is 7.95. The van der Waals surface area contributed by atoms with Crippen molar-refractivity contribution in [2.75, 3.05) is 14.2 Å². The average molecular weight is 404 g/mol. The van der Waals surface area contributed by atoms with E-state index in [9.17, 15) is 14.4 Å². The van der Waals surface area contributed by atoms with E-state index in [-0.39, 0.29) is 18.1 Å². The zero-order valence-corrected chi connectivity index (χ0v) is 17.3. The number of benzene rings is 2. The van der Waals surface area contributed by atoms with Crippen molar-refractivity contribution in [2.24, 2.45) is 11.3 Å². The van der Waals surface area contributed by atoms with Gasteiger partial charge in [0, 0.05) is 11.8 Å². The van der Waals surface area contributed by atoms with Gasteiger partial charge in [0.25, 0.3) is 0 Å². The molecule has 0 spiro atoms. The Bertz CT molecular complexity index is 1010. The summed E-state index contributed by atoms with van der Waals surface area (Å²) in [5.74, 6) is -2.55.